The first-order valence-electron chi connectivity index (χ1n) is 5.39. The molecule has 1 aliphatic rings. The third-order valence-corrected chi connectivity index (χ3v) is 3.08. The molecule has 1 unspecified atom stereocenters. The average Bonchev–Trinajstić information content (AvgIpc) is 2.30. The van der Waals surface area contributed by atoms with Crippen LogP contribution in [-0.2, 0) is 0 Å². The number of likely N-dealkylation sites (tertiary alicyclic amines) is 1. The van der Waals surface area contributed by atoms with E-state index in [0.29, 0.717) is 17.4 Å². The van der Waals surface area contributed by atoms with E-state index in [9.17, 15) is 0 Å². The second-order valence-electron chi connectivity index (χ2n) is 5.56. The molecule has 0 aliphatic carbocycles. The second-order valence-corrected chi connectivity index (χ2v) is 5.56. The van der Waals surface area contributed by atoms with Crippen molar-refractivity contribution in [1.29, 1.82) is 0 Å². The van der Waals surface area contributed by atoms with E-state index in [1.807, 2.05) is 0 Å². The molecule has 0 spiro atoms. The van der Waals surface area contributed by atoms with Crippen LogP contribution in [0.25, 0.3) is 0 Å². The molecule has 0 radical (unpaired) electrons. The molecule has 1 atom stereocenters. The van der Waals surface area contributed by atoms with Crippen molar-refractivity contribution in [3.05, 3.63) is 0 Å². The van der Waals surface area contributed by atoms with E-state index < -0.39 is 0 Å². The Labute approximate surface area is 82.5 Å². The summed E-state index contributed by atoms with van der Waals surface area (Å²) in [6.45, 7) is 12.6. The van der Waals surface area contributed by atoms with E-state index in [0.717, 1.165) is 6.54 Å². The smallest absolute Gasteiger partial charge is 0.0191 e. The van der Waals surface area contributed by atoms with E-state index >= 15 is 0 Å². The fourth-order valence-electron chi connectivity index (χ4n) is 1.89. The Bertz CT molecular complexity index is 163. The molecule has 1 fully saturated rings. The number of hydrogen-bond donors (Lipinski definition) is 1. The molecule has 1 saturated heterocycles. The number of nitrogens with zero attached hydrogens (tertiary/aromatic N) is 1. The van der Waals surface area contributed by atoms with Gasteiger partial charge in [-0.2, -0.15) is 0 Å². The number of hydrogen-bond acceptors (Lipinski definition) is 2. The molecular formula is C11H24N2. The molecule has 2 heteroatoms. The fraction of sp³-hybridized carbons (Fsp3) is 1.00. The van der Waals surface area contributed by atoms with Crippen molar-refractivity contribution in [1.82, 2.24) is 4.90 Å². The fourth-order valence-corrected chi connectivity index (χ4v) is 1.89. The Balaban J connectivity index is 2.32. The molecule has 13 heavy (non-hydrogen) atoms. The Morgan fingerprint density at radius 1 is 1.38 bits per heavy atom. The third kappa shape index (κ3) is 3.28. The van der Waals surface area contributed by atoms with Gasteiger partial charge in [0.2, 0.25) is 0 Å². The standard InChI is InChI=1S/C11H24N2/c1-9(2)10(12)7-13-6-5-11(3,4)8-13/h9-10H,5-8,12H2,1-4H3. The van der Waals surface area contributed by atoms with Crippen molar-refractivity contribution in [2.24, 2.45) is 17.1 Å². The molecule has 0 amide bonds. The quantitative estimate of drug-likeness (QED) is 0.723. The summed E-state index contributed by atoms with van der Waals surface area (Å²) in [7, 11) is 0. The molecule has 1 aliphatic heterocycles. The van der Waals surface area contributed by atoms with Gasteiger partial charge in [-0.1, -0.05) is 27.7 Å². The topological polar surface area (TPSA) is 29.3 Å². The Morgan fingerprint density at radius 3 is 2.38 bits per heavy atom. The summed E-state index contributed by atoms with van der Waals surface area (Å²) in [4.78, 5) is 2.50. The normalized spacial score (nSPS) is 25.4. The monoisotopic (exact) mass is 184 g/mol. The maximum absolute atomic E-state index is 6.04. The zero-order valence-electron chi connectivity index (χ0n) is 9.51. The first kappa shape index (κ1) is 11.0. The minimum absolute atomic E-state index is 0.342. The van der Waals surface area contributed by atoms with Crippen LogP contribution in [0, 0.1) is 11.3 Å². The lowest BCUT2D eigenvalue weighted by atomic mass is 9.93. The summed E-state index contributed by atoms with van der Waals surface area (Å²) >= 11 is 0. The van der Waals surface area contributed by atoms with E-state index in [1.54, 1.807) is 0 Å². The maximum Gasteiger partial charge on any atom is 0.0191 e. The SMILES string of the molecule is CC(C)C(N)CN1CCC(C)(C)C1. The van der Waals surface area contributed by atoms with Gasteiger partial charge in [0.05, 0.1) is 0 Å². The molecule has 0 aromatic carbocycles. The van der Waals surface area contributed by atoms with Crippen LogP contribution >= 0.6 is 0 Å². The first-order chi connectivity index (χ1) is 5.91. The highest BCUT2D eigenvalue weighted by Crippen LogP contribution is 2.28. The van der Waals surface area contributed by atoms with Gasteiger partial charge in [0, 0.05) is 19.1 Å². The van der Waals surface area contributed by atoms with Gasteiger partial charge < -0.3 is 10.6 Å². The van der Waals surface area contributed by atoms with Gasteiger partial charge in [-0.15, -0.1) is 0 Å². The molecule has 1 heterocycles. The summed E-state index contributed by atoms with van der Waals surface area (Å²) in [5.74, 6) is 0.601. The van der Waals surface area contributed by atoms with Crippen LogP contribution in [0.1, 0.15) is 34.1 Å². The van der Waals surface area contributed by atoms with Gasteiger partial charge in [0.15, 0.2) is 0 Å². The summed E-state index contributed by atoms with van der Waals surface area (Å²) in [5, 5.41) is 0. The van der Waals surface area contributed by atoms with Crippen molar-refractivity contribution in [3.8, 4) is 0 Å². The molecule has 2 N–H and O–H groups in total. The lowest BCUT2D eigenvalue weighted by Gasteiger charge is -2.24. The van der Waals surface area contributed by atoms with Gasteiger partial charge in [0.1, 0.15) is 0 Å². The summed E-state index contributed by atoms with van der Waals surface area (Å²) in [6, 6.07) is 0.342. The molecule has 78 valence electrons. The highest BCUT2D eigenvalue weighted by atomic mass is 15.2. The number of rotatable bonds is 3. The average molecular weight is 184 g/mol. The zero-order chi connectivity index (χ0) is 10.1. The second kappa shape index (κ2) is 3.97. The highest BCUT2D eigenvalue weighted by Gasteiger charge is 2.29. The van der Waals surface area contributed by atoms with Gasteiger partial charge in [-0.25, -0.2) is 0 Å². The molecular weight excluding hydrogens is 160 g/mol. The molecule has 1 rings (SSSR count). The van der Waals surface area contributed by atoms with E-state index in [1.165, 1.54) is 19.5 Å². The Kier molecular flexibility index (Phi) is 3.36. The molecule has 0 saturated carbocycles. The molecule has 0 aromatic rings. The lowest BCUT2D eigenvalue weighted by Crippen LogP contribution is -2.40. The summed E-state index contributed by atoms with van der Waals surface area (Å²) < 4.78 is 0. The van der Waals surface area contributed by atoms with Crippen LogP contribution in [-0.4, -0.2) is 30.6 Å². The van der Waals surface area contributed by atoms with Crippen molar-refractivity contribution in [2.75, 3.05) is 19.6 Å². The predicted octanol–water partition coefficient (Wildman–Crippen LogP) is 1.70. The Morgan fingerprint density at radius 2 is 2.00 bits per heavy atom. The molecule has 0 aromatic heterocycles. The van der Waals surface area contributed by atoms with Gasteiger partial charge >= 0.3 is 0 Å². The summed E-state index contributed by atoms with van der Waals surface area (Å²) in [5.41, 5.74) is 6.55. The largest absolute Gasteiger partial charge is 0.326 e. The van der Waals surface area contributed by atoms with Gasteiger partial charge in [-0.3, -0.25) is 0 Å². The van der Waals surface area contributed by atoms with Gasteiger partial charge in [-0.05, 0) is 24.3 Å². The van der Waals surface area contributed by atoms with Crippen LogP contribution in [0.4, 0.5) is 0 Å². The van der Waals surface area contributed by atoms with Crippen LogP contribution in [0.5, 0.6) is 0 Å². The highest BCUT2D eigenvalue weighted by molar-refractivity contribution is 4.84. The Hall–Kier alpha value is -0.0800. The first-order valence-corrected chi connectivity index (χ1v) is 5.39. The van der Waals surface area contributed by atoms with Crippen molar-refractivity contribution in [2.45, 2.75) is 40.2 Å². The van der Waals surface area contributed by atoms with Crippen LogP contribution < -0.4 is 5.73 Å². The lowest BCUT2D eigenvalue weighted by molar-refractivity contribution is 0.256. The van der Waals surface area contributed by atoms with Crippen molar-refractivity contribution < 1.29 is 0 Å². The molecule has 2 nitrogen and oxygen atoms in total. The van der Waals surface area contributed by atoms with Crippen LogP contribution in [0.3, 0.4) is 0 Å². The third-order valence-electron chi connectivity index (χ3n) is 3.08. The van der Waals surface area contributed by atoms with E-state index in [2.05, 4.69) is 32.6 Å². The molecule has 0 bridgehead atoms. The van der Waals surface area contributed by atoms with E-state index in [-0.39, 0.29) is 0 Å². The minimum Gasteiger partial charge on any atom is -0.326 e. The maximum atomic E-state index is 6.04. The van der Waals surface area contributed by atoms with Gasteiger partial charge in [0.25, 0.3) is 0 Å². The summed E-state index contributed by atoms with van der Waals surface area (Å²) in [6.07, 6.45) is 1.32. The zero-order valence-corrected chi connectivity index (χ0v) is 9.51. The van der Waals surface area contributed by atoms with Crippen LogP contribution in [0.2, 0.25) is 0 Å². The van der Waals surface area contributed by atoms with Crippen molar-refractivity contribution in [3.63, 3.8) is 0 Å². The number of nitrogens with two attached hydrogens (primary N) is 1. The van der Waals surface area contributed by atoms with Crippen LogP contribution in [0.15, 0.2) is 0 Å². The van der Waals surface area contributed by atoms with Crippen molar-refractivity contribution >= 4 is 0 Å². The predicted molar refractivity (Wildman–Crippen MR) is 57.7 cm³/mol. The van der Waals surface area contributed by atoms with E-state index in [4.69, 9.17) is 5.73 Å². The minimum atomic E-state index is 0.342.